The first-order valence-corrected chi connectivity index (χ1v) is 5.90. The summed E-state index contributed by atoms with van der Waals surface area (Å²) in [5.41, 5.74) is 6.42. The number of hydrogen-bond donors (Lipinski definition) is 1. The van der Waals surface area contributed by atoms with Crippen LogP contribution in [0, 0.1) is 0 Å². The van der Waals surface area contributed by atoms with Gasteiger partial charge in [-0.05, 0) is 18.2 Å². The summed E-state index contributed by atoms with van der Waals surface area (Å²) in [5, 5.41) is 1.23. The summed E-state index contributed by atoms with van der Waals surface area (Å²) in [7, 11) is 0. The second-order valence-corrected chi connectivity index (χ2v) is 4.22. The maximum absolute atomic E-state index is 5.97. The predicted molar refractivity (Wildman–Crippen MR) is 73.3 cm³/mol. The highest BCUT2D eigenvalue weighted by atomic mass is 35.5. The smallest absolute Gasteiger partial charge is 0.243 e. The Morgan fingerprint density at radius 2 is 2.00 bits per heavy atom. The van der Waals surface area contributed by atoms with Gasteiger partial charge in [-0.1, -0.05) is 17.7 Å². The molecule has 0 bridgehead atoms. The van der Waals surface area contributed by atoms with Crippen molar-refractivity contribution in [3.8, 4) is 11.6 Å². The second kappa shape index (κ2) is 4.70. The van der Waals surface area contributed by atoms with Gasteiger partial charge in [0.15, 0.2) is 0 Å². The summed E-state index contributed by atoms with van der Waals surface area (Å²) in [5.74, 6) is 1.00. The van der Waals surface area contributed by atoms with Crippen molar-refractivity contribution in [2.75, 3.05) is 5.73 Å². The van der Waals surface area contributed by atoms with Crippen molar-refractivity contribution in [2.45, 2.75) is 0 Å². The molecule has 94 valence electrons. The van der Waals surface area contributed by atoms with Crippen molar-refractivity contribution in [1.82, 2.24) is 15.0 Å². The second-order valence-electron chi connectivity index (χ2n) is 3.84. The zero-order valence-corrected chi connectivity index (χ0v) is 10.5. The van der Waals surface area contributed by atoms with E-state index in [1.165, 1.54) is 6.33 Å². The van der Waals surface area contributed by atoms with Crippen LogP contribution in [0.25, 0.3) is 10.9 Å². The van der Waals surface area contributed by atoms with Crippen molar-refractivity contribution in [3.63, 3.8) is 0 Å². The first-order chi connectivity index (χ1) is 9.24. The van der Waals surface area contributed by atoms with Crippen LogP contribution in [0.5, 0.6) is 11.6 Å². The molecule has 0 amide bonds. The Hall–Kier alpha value is -2.40. The Morgan fingerprint density at radius 1 is 1.11 bits per heavy atom. The van der Waals surface area contributed by atoms with Gasteiger partial charge < -0.3 is 10.5 Å². The average Bonchev–Trinajstić information content (AvgIpc) is 2.44. The molecule has 0 aliphatic rings. The standard InChI is InChI=1S/C13H9ClN4O/c14-11-12(15)17-7-18-13(11)19-9-4-3-8-2-1-5-16-10(8)6-9/h1-7H,(H2,15,17,18). The molecule has 3 aromatic rings. The van der Waals surface area contributed by atoms with Crippen LogP contribution in [0.1, 0.15) is 0 Å². The first-order valence-electron chi connectivity index (χ1n) is 5.52. The normalized spacial score (nSPS) is 10.6. The minimum Gasteiger partial charge on any atom is -0.437 e. The van der Waals surface area contributed by atoms with E-state index in [9.17, 15) is 0 Å². The van der Waals surface area contributed by atoms with Gasteiger partial charge in [0.05, 0.1) is 5.52 Å². The van der Waals surface area contributed by atoms with E-state index in [0.29, 0.717) is 5.75 Å². The van der Waals surface area contributed by atoms with Gasteiger partial charge in [0.25, 0.3) is 0 Å². The molecular weight excluding hydrogens is 264 g/mol. The lowest BCUT2D eigenvalue weighted by Gasteiger charge is -2.07. The molecule has 0 spiro atoms. The van der Waals surface area contributed by atoms with Crippen LogP contribution in [0.4, 0.5) is 5.82 Å². The van der Waals surface area contributed by atoms with E-state index in [4.69, 9.17) is 22.1 Å². The maximum Gasteiger partial charge on any atom is 0.243 e. The molecule has 0 aliphatic heterocycles. The number of pyridine rings is 1. The molecule has 0 fully saturated rings. The Kier molecular flexibility index (Phi) is 2.89. The van der Waals surface area contributed by atoms with Gasteiger partial charge in [-0.2, -0.15) is 4.98 Å². The van der Waals surface area contributed by atoms with Crippen LogP contribution in [0.15, 0.2) is 42.9 Å². The number of aromatic nitrogens is 3. The van der Waals surface area contributed by atoms with Gasteiger partial charge in [-0.25, -0.2) is 4.98 Å². The van der Waals surface area contributed by atoms with Crippen molar-refractivity contribution < 1.29 is 4.74 Å². The molecule has 0 saturated carbocycles. The lowest BCUT2D eigenvalue weighted by Crippen LogP contribution is -1.96. The largest absolute Gasteiger partial charge is 0.437 e. The molecule has 6 heteroatoms. The third kappa shape index (κ3) is 2.28. The number of benzene rings is 1. The molecular formula is C13H9ClN4O. The SMILES string of the molecule is Nc1ncnc(Oc2ccc3cccnc3c2)c1Cl. The zero-order chi connectivity index (χ0) is 13.2. The van der Waals surface area contributed by atoms with Gasteiger partial charge in [-0.3, -0.25) is 4.98 Å². The van der Waals surface area contributed by atoms with Crippen molar-refractivity contribution in [1.29, 1.82) is 0 Å². The number of rotatable bonds is 2. The average molecular weight is 273 g/mol. The molecule has 0 radical (unpaired) electrons. The fraction of sp³-hybridized carbons (Fsp3) is 0. The number of ether oxygens (including phenoxy) is 1. The number of anilines is 1. The molecule has 5 nitrogen and oxygen atoms in total. The van der Waals surface area contributed by atoms with E-state index in [-0.39, 0.29) is 16.7 Å². The topological polar surface area (TPSA) is 73.9 Å². The lowest BCUT2D eigenvalue weighted by molar-refractivity contribution is 0.463. The highest BCUT2D eigenvalue weighted by molar-refractivity contribution is 6.34. The summed E-state index contributed by atoms with van der Waals surface area (Å²) in [4.78, 5) is 12.0. The highest BCUT2D eigenvalue weighted by Crippen LogP contribution is 2.30. The molecule has 19 heavy (non-hydrogen) atoms. The number of halogens is 1. The molecule has 2 heterocycles. The summed E-state index contributed by atoms with van der Waals surface area (Å²) >= 11 is 5.97. The summed E-state index contributed by atoms with van der Waals surface area (Å²) in [6.45, 7) is 0. The predicted octanol–water partition coefficient (Wildman–Crippen LogP) is 3.05. The van der Waals surface area contributed by atoms with Gasteiger partial charge in [-0.15, -0.1) is 0 Å². The Morgan fingerprint density at radius 3 is 2.89 bits per heavy atom. The number of fused-ring (bicyclic) bond motifs is 1. The van der Waals surface area contributed by atoms with Crippen LogP contribution < -0.4 is 10.5 Å². The molecule has 0 aliphatic carbocycles. The van der Waals surface area contributed by atoms with E-state index >= 15 is 0 Å². The minimum atomic E-state index is 0.186. The Bertz CT molecular complexity index is 748. The fourth-order valence-corrected chi connectivity index (χ4v) is 1.80. The molecule has 3 rings (SSSR count). The fourth-order valence-electron chi connectivity index (χ4n) is 1.66. The molecule has 0 unspecified atom stereocenters. The zero-order valence-electron chi connectivity index (χ0n) is 9.75. The molecule has 2 aromatic heterocycles. The number of nitrogens with two attached hydrogens (primary N) is 1. The maximum atomic E-state index is 5.97. The summed E-state index contributed by atoms with van der Waals surface area (Å²) in [6.07, 6.45) is 3.03. The number of hydrogen-bond acceptors (Lipinski definition) is 5. The summed E-state index contributed by atoms with van der Waals surface area (Å²) < 4.78 is 5.60. The van der Waals surface area contributed by atoms with E-state index in [0.717, 1.165) is 10.9 Å². The van der Waals surface area contributed by atoms with Crippen LogP contribution in [-0.2, 0) is 0 Å². The van der Waals surface area contributed by atoms with Gasteiger partial charge in [0.2, 0.25) is 5.88 Å². The Labute approximate surface area is 114 Å². The monoisotopic (exact) mass is 272 g/mol. The third-order valence-electron chi connectivity index (χ3n) is 2.58. The van der Waals surface area contributed by atoms with Gasteiger partial charge >= 0.3 is 0 Å². The van der Waals surface area contributed by atoms with E-state index in [1.807, 2.05) is 30.3 Å². The molecule has 0 atom stereocenters. The third-order valence-corrected chi connectivity index (χ3v) is 2.93. The van der Waals surface area contributed by atoms with Gasteiger partial charge in [0.1, 0.15) is 22.9 Å². The number of nitrogens with zero attached hydrogens (tertiary/aromatic N) is 3. The highest BCUT2D eigenvalue weighted by Gasteiger charge is 2.09. The minimum absolute atomic E-state index is 0.186. The van der Waals surface area contributed by atoms with Crippen molar-refractivity contribution in [3.05, 3.63) is 47.9 Å². The van der Waals surface area contributed by atoms with Crippen LogP contribution >= 0.6 is 11.6 Å². The Balaban J connectivity index is 1.99. The van der Waals surface area contributed by atoms with E-state index < -0.39 is 0 Å². The summed E-state index contributed by atoms with van der Waals surface area (Å²) in [6, 6.07) is 9.39. The molecule has 0 saturated heterocycles. The molecule has 2 N–H and O–H groups in total. The van der Waals surface area contributed by atoms with Crippen LogP contribution in [0.3, 0.4) is 0 Å². The van der Waals surface area contributed by atoms with Crippen LogP contribution in [0.2, 0.25) is 5.02 Å². The van der Waals surface area contributed by atoms with Gasteiger partial charge in [0, 0.05) is 17.6 Å². The lowest BCUT2D eigenvalue weighted by atomic mass is 10.2. The quantitative estimate of drug-likeness (QED) is 0.776. The van der Waals surface area contributed by atoms with Crippen LogP contribution in [-0.4, -0.2) is 15.0 Å². The number of nitrogen functional groups attached to an aromatic ring is 1. The van der Waals surface area contributed by atoms with E-state index in [1.54, 1.807) is 6.20 Å². The van der Waals surface area contributed by atoms with E-state index in [2.05, 4.69) is 15.0 Å². The molecule has 1 aromatic carbocycles. The first kappa shape index (κ1) is 11.7. The van der Waals surface area contributed by atoms with Crippen molar-refractivity contribution in [2.24, 2.45) is 0 Å². The van der Waals surface area contributed by atoms with Crippen molar-refractivity contribution >= 4 is 28.3 Å².